The Morgan fingerprint density at radius 1 is 1.09 bits per heavy atom. The molecule has 0 bridgehead atoms. The van der Waals surface area contributed by atoms with Gasteiger partial charge in [0.1, 0.15) is 11.3 Å². The summed E-state index contributed by atoms with van der Waals surface area (Å²) in [5, 5.41) is 2.90. The number of imide groups is 2. The van der Waals surface area contributed by atoms with E-state index in [-0.39, 0.29) is 5.57 Å². The summed E-state index contributed by atoms with van der Waals surface area (Å²) < 4.78 is 7.29. The fourth-order valence-electron chi connectivity index (χ4n) is 3.55. The number of nitrogens with zero attached hydrogens (tertiary/aromatic N) is 1. The lowest BCUT2D eigenvalue weighted by Crippen LogP contribution is -2.54. The molecule has 4 rings (SSSR count). The summed E-state index contributed by atoms with van der Waals surface area (Å²) in [5.74, 6) is -0.856. The highest BCUT2D eigenvalue weighted by Crippen LogP contribution is 2.32. The Morgan fingerprint density at radius 2 is 1.79 bits per heavy atom. The summed E-state index contributed by atoms with van der Waals surface area (Å²) in [5.41, 5.74) is 2.68. The van der Waals surface area contributed by atoms with E-state index in [1.54, 1.807) is 37.4 Å². The normalized spacial score (nSPS) is 15.0. The quantitative estimate of drug-likeness (QED) is 0.210. The van der Waals surface area contributed by atoms with Crippen LogP contribution in [0.2, 0.25) is 5.02 Å². The molecular formula is C25H17BrClIN2O4. The van der Waals surface area contributed by atoms with Gasteiger partial charge in [0, 0.05) is 25.0 Å². The van der Waals surface area contributed by atoms with Crippen LogP contribution in [0, 0.1) is 3.57 Å². The van der Waals surface area contributed by atoms with Crippen molar-refractivity contribution in [2.24, 2.45) is 0 Å². The van der Waals surface area contributed by atoms with Crippen LogP contribution in [0.5, 0.6) is 5.75 Å². The van der Waals surface area contributed by atoms with E-state index in [4.69, 9.17) is 16.3 Å². The number of nitrogens with one attached hydrogen (secondary N) is 1. The van der Waals surface area contributed by atoms with Gasteiger partial charge in [-0.15, -0.1) is 0 Å². The van der Waals surface area contributed by atoms with E-state index in [2.05, 4.69) is 43.8 Å². The molecule has 1 heterocycles. The molecule has 0 spiro atoms. The van der Waals surface area contributed by atoms with Gasteiger partial charge in [0.25, 0.3) is 11.8 Å². The predicted molar refractivity (Wildman–Crippen MR) is 143 cm³/mol. The Morgan fingerprint density at radius 3 is 2.47 bits per heavy atom. The third kappa shape index (κ3) is 5.03. The van der Waals surface area contributed by atoms with Crippen molar-refractivity contribution < 1.29 is 19.1 Å². The molecule has 1 aliphatic heterocycles. The second kappa shape index (κ2) is 10.3. The van der Waals surface area contributed by atoms with Crippen LogP contribution in [0.4, 0.5) is 10.5 Å². The molecular weight excluding hydrogens is 635 g/mol. The summed E-state index contributed by atoms with van der Waals surface area (Å²) in [4.78, 5) is 39.0. The van der Waals surface area contributed by atoms with Gasteiger partial charge in [0.2, 0.25) is 0 Å². The lowest BCUT2D eigenvalue weighted by atomic mass is 10.0. The number of rotatable bonds is 5. The molecule has 0 atom stereocenters. The van der Waals surface area contributed by atoms with E-state index in [1.165, 1.54) is 6.08 Å². The molecule has 3 aromatic carbocycles. The zero-order valence-corrected chi connectivity index (χ0v) is 22.3. The maximum Gasteiger partial charge on any atom is 0.335 e. The molecule has 9 heteroatoms. The Bertz CT molecular complexity index is 1340. The van der Waals surface area contributed by atoms with Crippen molar-refractivity contribution in [3.8, 4) is 5.75 Å². The first-order valence-corrected chi connectivity index (χ1v) is 12.3. The summed E-state index contributed by atoms with van der Waals surface area (Å²) in [6.07, 6.45) is 2.02. The number of anilines is 1. The van der Waals surface area contributed by atoms with E-state index in [1.807, 2.05) is 30.3 Å². The van der Waals surface area contributed by atoms with E-state index in [9.17, 15) is 14.4 Å². The maximum atomic E-state index is 13.1. The van der Waals surface area contributed by atoms with Crippen molar-refractivity contribution in [1.82, 2.24) is 5.32 Å². The van der Waals surface area contributed by atoms with Crippen molar-refractivity contribution in [2.45, 2.75) is 6.42 Å². The van der Waals surface area contributed by atoms with Gasteiger partial charge in [0.05, 0.1) is 12.8 Å². The number of carbonyl (C=O) groups is 3. The average Bonchev–Trinajstić information content (AvgIpc) is 2.80. The van der Waals surface area contributed by atoms with Crippen molar-refractivity contribution in [3.63, 3.8) is 0 Å². The first-order valence-electron chi connectivity index (χ1n) is 10.1. The minimum Gasteiger partial charge on any atom is -0.496 e. The van der Waals surface area contributed by atoms with Crippen molar-refractivity contribution in [1.29, 1.82) is 0 Å². The molecule has 172 valence electrons. The van der Waals surface area contributed by atoms with Crippen LogP contribution in [-0.4, -0.2) is 25.0 Å². The maximum absolute atomic E-state index is 13.1. The first-order chi connectivity index (χ1) is 16.3. The van der Waals surface area contributed by atoms with Crippen molar-refractivity contribution in [3.05, 3.63) is 96.0 Å². The van der Waals surface area contributed by atoms with E-state index in [0.717, 1.165) is 24.1 Å². The van der Waals surface area contributed by atoms with Gasteiger partial charge in [-0.25, -0.2) is 9.69 Å². The number of hydrogen-bond acceptors (Lipinski definition) is 4. The van der Waals surface area contributed by atoms with Crippen LogP contribution in [0.3, 0.4) is 0 Å². The molecule has 1 fully saturated rings. The highest BCUT2D eigenvalue weighted by molar-refractivity contribution is 14.1. The highest BCUT2D eigenvalue weighted by Gasteiger charge is 2.36. The summed E-state index contributed by atoms with van der Waals surface area (Å²) in [6.45, 7) is 0. The molecule has 1 saturated heterocycles. The number of barbiturate groups is 1. The topological polar surface area (TPSA) is 75.7 Å². The van der Waals surface area contributed by atoms with Crippen LogP contribution < -0.4 is 15.0 Å². The summed E-state index contributed by atoms with van der Waals surface area (Å²) in [7, 11) is 1.56. The van der Waals surface area contributed by atoms with Crippen molar-refractivity contribution >= 4 is 79.7 Å². The van der Waals surface area contributed by atoms with Gasteiger partial charge < -0.3 is 4.74 Å². The van der Waals surface area contributed by atoms with Gasteiger partial charge in [-0.2, -0.15) is 0 Å². The molecule has 6 nitrogen and oxygen atoms in total. The van der Waals surface area contributed by atoms with Crippen LogP contribution >= 0.6 is 50.1 Å². The largest absolute Gasteiger partial charge is 0.496 e. The van der Waals surface area contributed by atoms with Crippen LogP contribution in [-0.2, 0) is 16.0 Å². The van der Waals surface area contributed by atoms with E-state index < -0.39 is 17.8 Å². The Kier molecular flexibility index (Phi) is 7.39. The molecule has 0 radical (unpaired) electrons. The molecule has 4 amide bonds. The van der Waals surface area contributed by atoms with Gasteiger partial charge in [-0.1, -0.05) is 45.7 Å². The molecule has 0 unspecified atom stereocenters. The zero-order chi connectivity index (χ0) is 24.4. The number of benzene rings is 3. The molecule has 3 aromatic rings. The molecule has 0 aromatic heterocycles. The van der Waals surface area contributed by atoms with Crippen LogP contribution in [0.25, 0.3) is 6.08 Å². The molecule has 1 aliphatic rings. The highest BCUT2D eigenvalue weighted by atomic mass is 127. The number of amides is 4. The number of methoxy groups -OCH3 is 1. The van der Waals surface area contributed by atoms with E-state index in [0.29, 0.717) is 28.4 Å². The zero-order valence-electron chi connectivity index (χ0n) is 17.8. The smallest absolute Gasteiger partial charge is 0.335 e. The summed E-state index contributed by atoms with van der Waals surface area (Å²) >= 11 is 11.8. The van der Waals surface area contributed by atoms with Gasteiger partial charge in [-0.3, -0.25) is 14.9 Å². The third-order valence-corrected chi connectivity index (χ3v) is 7.08. The van der Waals surface area contributed by atoms with E-state index >= 15 is 0 Å². The fourth-order valence-corrected chi connectivity index (χ4v) is 4.83. The second-order valence-corrected chi connectivity index (χ2v) is 9.87. The number of urea groups is 1. The van der Waals surface area contributed by atoms with Crippen LogP contribution in [0.1, 0.15) is 16.7 Å². The SMILES string of the molecule is COc1cc(/C=C2\C(=O)NC(=O)N(c3ccc(Br)cc3)C2=O)cc(I)c1Cc1ccccc1Cl. The van der Waals surface area contributed by atoms with Gasteiger partial charge >= 0.3 is 6.03 Å². The van der Waals surface area contributed by atoms with Gasteiger partial charge in [-0.05, 0) is 82.3 Å². The number of halogens is 3. The average molecular weight is 652 g/mol. The first kappa shape index (κ1) is 24.4. The Hall–Kier alpha value is -2.69. The minimum absolute atomic E-state index is 0.153. The monoisotopic (exact) mass is 650 g/mol. The van der Waals surface area contributed by atoms with Crippen LogP contribution in [0.15, 0.2) is 70.7 Å². The molecule has 34 heavy (non-hydrogen) atoms. The van der Waals surface area contributed by atoms with Crippen molar-refractivity contribution in [2.75, 3.05) is 12.0 Å². The third-order valence-electron chi connectivity index (χ3n) is 5.22. The number of carbonyl (C=O) groups excluding carboxylic acids is 3. The van der Waals surface area contributed by atoms with Gasteiger partial charge in [0.15, 0.2) is 0 Å². The molecule has 0 aliphatic carbocycles. The standard InChI is InChI=1S/C25H17BrClIN2O4/c1-34-22-12-14(11-21(28)18(22)13-15-4-2-3-5-20(15)27)10-19-23(31)29-25(33)30(24(19)32)17-8-6-16(26)7-9-17/h2-12H,13H2,1H3,(H,29,31,33)/b19-10+. The minimum atomic E-state index is -0.795. The number of ether oxygens (including phenoxy) is 1. The lowest BCUT2D eigenvalue weighted by molar-refractivity contribution is -0.122. The molecule has 1 N–H and O–H groups in total. The Balaban J connectivity index is 1.71. The molecule has 0 saturated carbocycles. The fraction of sp³-hybridized carbons (Fsp3) is 0.0800. The summed E-state index contributed by atoms with van der Waals surface area (Å²) in [6, 6.07) is 17.0. The predicted octanol–water partition coefficient (Wildman–Crippen LogP) is 5.97. The lowest BCUT2D eigenvalue weighted by Gasteiger charge is -2.26. The second-order valence-electron chi connectivity index (χ2n) is 7.39. The Labute approximate surface area is 223 Å². The number of hydrogen-bond donors (Lipinski definition) is 1.